The standard InChI is InChI=1S/C40H41Br3N2O8/c1-7-51-40(46)45-15-13-24-26-19-32(36(48-4)34(24)42)53-37-33-25(35(43)38(49-5)39(37)50-6)12-14-44(2)29(33)17-22-18-31(30(47-3)20-27(22)41)52-23-10-8-21(9-11-23)16-28(26)45/h8-11,18-20,28-29H,7,12-17H2,1-6H3/t28-,29-/m0/s1. The van der Waals surface area contributed by atoms with Gasteiger partial charge in [0.2, 0.25) is 5.75 Å². The fourth-order valence-corrected chi connectivity index (χ4v) is 9.75. The predicted octanol–water partition coefficient (Wildman–Crippen LogP) is 9.98. The normalized spacial score (nSPS) is 17.8. The minimum Gasteiger partial charge on any atom is -0.493 e. The minimum atomic E-state index is -0.365. The Bertz CT molecular complexity index is 2060. The number of rotatable bonds is 5. The molecule has 0 radical (unpaired) electrons. The quantitative estimate of drug-likeness (QED) is 0.194. The highest BCUT2D eigenvalue weighted by atomic mass is 79.9. The average molecular weight is 917 g/mol. The van der Waals surface area contributed by atoms with Gasteiger partial charge in [-0.15, -0.1) is 0 Å². The second-order valence-electron chi connectivity index (χ2n) is 13.1. The molecule has 0 saturated heterocycles. The van der Waals surface area contributed by atoms with Crippen molar-refractivity contribution in [1.82, 2.24) is 9.80 Å². The zero-order valence-electron chi connectivity index (χ0n) is 30.4. The maximum atomic E-state index is 13.5. The second kappa shape index (κ2) is 15.6. The highest BCUT2D eigenvalue weighted by Crippen LogP contribution is 2.56. The molecule has 53 heavy (non-hydrogen) atoms. The van der Waals surface area contributed by atoms with Crippen molar-refractivity contribution in [3.63, 3.8) is 0 Å². The van der Waals surface area contributed by atoms with E-state index in [1.165, 1.54) is 0 Å². The van der Waals surface area contributed by atoms with Crippen molar-refractivity contribution in [3.05, 3.63) is 89.3 Å². The Morgan fingerprint density at radius 2 is 1.49 bits per heavy atom. The van der Waals surface area contributed by atoms with Crippen molar-refractivity contribution in [1.29, 1.82) is 0 Å². The largest absolute Gasteiger partial charge is 0.493 e. The number of nitrogens with zero attached hydrogens (tertiary/aromatic N) is 2. The van der Waals surface area contributed by atoms with Gasteiger partial charge in [0.25, 0.3) is 0 Å². The molecule has 0 spiro atoms. The monoisotopic (exact) mass is 914 g/mol. The van der Waals surface area contributed by atoms with Crippen LogP contribution < -0.4 is 28.4 Å². The van der Waals surface area contributed by atoms with Gasteiger partial charge in [0.1, 0.15) is 5.75 Å². The van der Waals surface area contributed by atoms with Crippen molar-refractivity contribution in [2.45, 2.75) is 44.7 Å². The number of fused-ring (bicyclic) bond motifs is 2. The summed E-state index contributed by atoms with van der Waals surface area (Å²) in [5.41, 5.74) is 6.05. The molecule has 4 aromatic rings. The Kier molecular flexibility index (Phi) is 11.1. The van der Waals surface area contributed by atoms with Gasteiger partial charge in [-0.25, -0.2) is 4.79 Å². The third-order valence-electron chi connectivity index (χ3n) is 10.3. The fourth-order valence-electron chi connectivity index (χ4n) is 7.72. The lowest BCUT2D eigenvalue weighted by molar-refractivity contribution is 0.0862. The summed E-state index contributed by atoms with van der Waals surface area (Å²) in [5.74, 6) is 4.40. The van der Waals surface area contributed by atoms with Crippen LogP contribution in [0.25, 0.3) is 0 Å². The van der Waals surface area contributed by atoms with Gasteiger partial charge in [0, 0.05) is 29.2 Å². The molecule has 0 aliphatic carbocycles. The highest BCUT2D eigenvalue weighted by molar-refractivity contribution is 9.11. The van der Waals surface area contributed by atoms with Crippen LogP contribution in [-0.4, -0.2) is 71.1 Å². The van der Waals surface area contributed by atoms with Crippen LogP contribution in [0.4, 0.5) is 4.79 Å². The molecule has 0 saturated carbocycles. The first-order chi connectivity index (χ1) is 25.6. The van der Waals surface area contributed by atoms with E-state index >= 15 is 0 Å². The number of hydrogen-bond donors (Lipinski definition) is 0. The smallest absolute Gasteiger partial charge is 0.410 e. The summed E-state index contributed by atoms with van der Waals surface area (Å²) < 4.78 is 45.7. The average Bonchev–Trinajstić information content (AvgIpc) is 3.15. The van der Waals surface area contributed by atoms with E-state index in [1.807, 2.05) is 54.3 Å². The van der Waals surface area contributed by atoms with Crippen LogP contribution in [0.15, 0.2) is 55.9 Å². The van der Waals surface area contributed by atoms with E-state index in [0.29, 0.717) is 71.8 Å². The molecule has 8 rings (SSSR count). The minimum absolute atomic E-state index is 0.153. The maximum absolute atomic E-state index is 13.5. The van der Waals surface area contributed by atoms with E-state index in [4.69, 9.17) is 33.2 Å². The summed E-state index contributed by atoms with van der Waals surface area (Å²) in [6, 6.07) is 13.4. The summed E-state index contributed by atoms with van der Waals surface area (Å²) in [5, 5.41) is 0. The third kappa shape index (κ3) is 6.83. The van der Waals surface area contributed by atoms with Gasteiger partial charge in [-0.3, -0.25) is 4.90 Å². The molecule has 4 heterocycles. The number of carbonyl (C=O) groups is 1. The lowest BCUT2D eigenvalue weighted by atomic mass is 9.87. The van der Waals surface area contributed by atoms with E-state index in [0.717, 1.165) is 59.8 Å². The second-order valence-corrected chi connectivity index (χ2v) is 15.6. The van der Waals surface area contributed by atoms with E-state index in [1.54, 1.807) is 28.4 Å². The summed E-state index contributed by atoms with van der Waals surface area (Å²) in [6.07, 6.45) is 2.10. The SMILES string of the molecule is CCOC(=O)N1CCc2c3cc(c(OC)c2Br)Oc2c(OC)c(OC)c(Br)c4c2[C@H](Cc2cc(c(OC)cc2Br)Oc2ccc(cc2)C[C@@H]31)N(C)CC4. The molecule has 0 unspecified atom stereocenters. The van der Waals surface area contributed by atoms with E-state index in [9.17, 15) is 4.79 Å². The lowest BCUT2D eigenvalue weighted by Gasteiger charge is -2.39. The van der Waals surface area contributed by atoms with Crippen LogP contribution in [-0.2, 0) is 30.4 Å². The number of amides is 1. The van der Waals surface area contributed by atoms with Crippen LogP contribution >= 0.6 is 47.8 Å². The first-order valence-electron chi connectivity index (χ1n) is 17.4. The van der Waals surface area contributed by atoms with E-state index < -0.39 is 0 Å². The molecule has 1 amide bonds. The van der Waals surface area contributed by atoms with Crippen LogP contribution in [0, 0.1) is 0 Å². The van der Waals surface area contributed by atoms with Crippen molar-refractivity contribution >= 4 is 53.9 Å². The molecular formula is C40H41Br3N2O8. The van der Waals surface area contributed by atoms with Gasteiger partial charge < -0.3 is 38.1 Å². The van der Waals surface area contributed by atoms with Gasteiger partial charge in [0.15, 0.2) is 34.5 Å². The summed E-state index contributed by atoms with van der Waals surface area (Å²) in [6.45, 7) is 3.37. The number of methoxy groups -OCH3 is 4. The van der Waals surface area contributed by atoms with Gasteiger partial charge in [0.05, 0.1) is 50.0 Å². The molecule has 0 N–H and O–H groups in total. The molecule has 6 bridgehead atoms. The van der Waals surface area contributed by atoms with Gasteiger partial charge in [-0.2, -0.15) is 0 Å². The van der Waals surface area contributed by atoms with Crippen molar-refractivity contribution in [2.75, 3.05) is 55.2 Å². The lowest BCUT2D eigenvalue weighted by Crippen LogP contribution is -2.41. The van der Waals surface area contributed by atoms with Gasteiger partial charge in [-0.05, 0) is 130 Å². The van der Waals surface area contributed by atoms with Crippen molar-refractivity contribution in [2.24, 2.45) is 0 Å². The third-order valence-corrected chi connectivity index (χ3v) is 12.8. The molecule has 0 aromatic heterocycles. The van der Waals surface area contributed by atoms with Gasteiger partial charge >= 0.3 is 6.09 Å². The Hall–Kier alpha value is -3.65. The van der Waals surface area contributed by atoms with E-state index in [2.05, 4.69) is 59.7 Å². The molecular weight excluding hydrogens is 876 g/mol. The first kappa shape index (κ1) is 37.7. The number of ether oxygens (including phenoxy) is 7. The van der Waals surface area contributed by atoms with E-state index in [-0.39, 0.29) is 24.8 Å². The molecule has 0 fully saturated rings. The Morgan fingerprint density at radius 3 is 2.17 bits per heavy atom. The van der Waals surface area contributed by atoms with Crippen LogP contribution in [0.2, 0.25) is 0 Å². The molecule has 2 atom stereocenters. The summed E-state index contributed by atoms with van der Waals surface area (Å²) in [4.78, 5) is 17.6. The Morgan fingerprint density at radius 1 is 0.792 bits per heavy atom. The number of benzene rings is 4. The van der Waals surface area contributed by atoms with Crippen molar-refractivity contribution in [3.8, 4) is 46.0 Å². The molecule has 13 heteroatoms. The zero-order valence-corrected chi connectivity index (χ0v) is 35.2. The maximum Gasteiger partial charge on any atom is 0.410 e. The Balaban J connectivity index is 1.52. The number of carbonyl (C=O) groups excluding carboxylic acids is 1. The fraction of sp³-hybridized carbons (Fsp3) is 0.375. The van der Waals surface area contributed by atoms with Crippen LogP contribution in [0.3, 0.4) is 0 Å². The zero-order chi connectivity index (χ0) is 37.6. The summed E-state index contributed by atoms with van der Waals surface area (Å²) >= 11 is 11.6. The highest BCUT2D eigenvalue weighted by Gasteiger charge is 2.39. The van der Waals surface area contributed by atoms with Gasteiger partial charge in [-0.1, -0.05) is 28.1 Å². The molecule has 4 aromatic carbocycles. The molecule has 10 nitrogen and oxygen atoms in total. The number of halogens is 3. The van der Waals surface area contributed by atoms with Crippen LogP contribution in [0.5, 0.6) is 46.0 Å². The first-order valence-corrected chi connectivity index (χ1v) is 19.8. The number of hydrogen-bond acceptors (Lipinski definition) is 9. The predicted molar refractivity (Wildman–Crippen MR) is 212 cm³/mol. The molecule has 280 valence electrons. The molecule has 4 aliphatic heterocycles. The Labute approximate surface area is 335 Å². The summed E-state index contributed by atoms with van der Waals surface area (Å²) in [7, 11) is 8.64. The molecule has 4 aliphatic rings. The number of likely N-dealkylation sites (N-methyl/N-ethyl adjacent to an activating group) is 1. The van der Waals surface area contributed by atoms with Crippen LogP contribution in [0.1, 0.15) is 52.4 Å². The van der Waals surface area contributed by atoms with Crippen molar-refractivity contribution < 1.29 is 38.0 Å². The topological polar surface area (TPSA) is 88.2 Å².